The average Bonchev–Trinajstić information content (AvgIpc) is 3.38. The zero-order valence-corrected chi connectivity index (χ0v) is 45.0. The number of unbranched alkanes of at least 4 members (excludes halogenated alkanes) is 28. The lowest BCUT2D eigenvalue weighted by molar-refractivity contribution is -0.148. The third-order valence-electron chi connectivity index (χ3n) is 12.6. The number of carbonyl (C=O) groups is 4. The molecule has 10 heteroatoms. The van der Waals surface area contributed by atoms with Crippen LogP contribution in [0.3, 0.4) is 0 Å². The highest BCUT2D eigenvalue weighted by molar-refractivity contribution is 6.18. The van der Waals surface area contributed by atoms with Crippen LogP contribution < -0.4 is 9.47 Å². The van der Waals surface area contributed by atoms with Gasteiger partial charge in [-0.25, -0.2) is 19.2 Å². The molecule has 0 spiro atoms. The predicted molar refractivity (Wildman–Crippen MR) is 289 cm³/mol. The van der Waals surface area contributed by atoms with E-state index < -0.39 is 23.9 Å². The van der Waals surface area contributed by atoms with E-state index in [0.29, 0.717) is 22.6 Å². The van der Waals surface area contributed by atoms with E-state index in [1.54, 1.807) is 48.5 Å². The highest BCUT2D eigenvalue weighted by Crippen LogP contribution is 2.21. The van der Waals surface area contributed by atoms with Crippen molar-refractivity contribution in [2.75, 3.05) is 33.2 Å². The summed E-state index contributed by atoms with van der Waals surface area (Å²) in [4.78, 5) is 53.0. The molecule has 0 amide bonds. The maximum absolute atomic E-state index is 13.2. The summed E-state index contributed by atoms with van der Waals surface area (Å²) in [6.07, 6.45) is 39.1. The largest absolute Gasteiger partial charge is 0.462 e. The highest BCUT2D eigenvalue weighted by Gasteiger charge is 2.23. The van der Waals surface area contributed by atoms with Crippen LogP contribution >= 0.6 is 0 Å². The van der Waals surface area contributed by atoms with Gasteiger partial charge < -0.3 is 28.4 Å². The maximum atomic E-state index is 13.2. The number of rotatable bonds is 46. The fourth-order valence-electron chi connectivity index (χ4n) is 8.14. The Labute approximate surface area is 430 Å². The van der Waals surface area contributed by atoms with Gasteiger partial charge in [-0.2, -0.15) is 0 Å². The Bertz CT molecular complexity index is 1520. The monoisotopic (exact) mass is 989 g/mol. The third-order valence-corrected chi connectivity index (χ3v) is 12.6. The number of carbonyl (C=O) groups excluding carboxylic acids is 4. The maximum Gasteiger partial charge on any atom is 0.345 e. The molecule has 0 fully saturated rings. The second-order valence-corrected chi connectivity index (χ2v) is 19.1. The third kappa shape index (κ3) is 32.9. The Kier molecular flexibility index (Phi) is 38.9. The molecule has 2 rings (SSSR count). The van der Waals surface area contributed by atoms with Crippen LogP contribution in [0.15, 0.2) is 59.7 Å². The van der Waals surface area contributed by atoms with Crippen molar-refractivity contribution < 1.29 is 47.6 Å². The minimum absolute atomic E-state index is 0.0901. The molecule has 0 saturated carbocycles. The van der Waals surface area contributed by atoms with Crippen molar-refractivity contribution in [1.82, 2.24) is 0 Å². The lowest BCUT2D eigenvalue weighted by atomic mass is 10.1. The molecule has 0 saturated heterocycles. The van der Waals surface area contributed by atoms with Crippen molar-refractivity contribution in [1.29, 1.82) is 0 Å². The van der Waals surface area contributed by atoms with E-state index in [1.165, 1.54) is 141 Å². The first-order valence-corrected chi connectivity index (χ1v) is 28.4. The molecule has 0 atom stereocenters. The van der Waals surface area contributed by atoms with Crippen molar-refractivity contribution in [3.63, 3.8) is 0 Å². The Morgan fingerprint density at radius 2 is 0.521 bits per heavy atom. The standard InChI is InChI=1S/C61H96O10/c1-5-9-13-17-21-25-29-33-45-66-58(62)56(59(63)67-46-34-30-26-22-18-14-10-6-2)49-52-37-41-54(42-38-52)70-51-71-55-43-39-53(40-44-55)50-57(60(64)68-47-35-31-27-23-19-15-11-7-3)61(65)69-48-36-32-28-24-20-16-12-8-4/h37-44,49-50H,5-36,45-48,51H2,1-4H3. The number of hydrogen-bond acceptors (Lipinski definition) is 10. The normalized spacial score (nSPS) is 10.9. The fourth-order valence-corrected chi connectivity index (χ4v) is 8.14. The summed E-state index contributed by atoms with van der Waals surface area (Å²) in [6.45, 7) is 9.79. The van der Waals surface area contributed by atoms with E-state index in [2.05, 4.69) is 27.7 Å². The Morgan fingerprint density at radius 1 is 0.310 bits per heavy atom. The van der Waals surface area contributed by atoms with Gasteiger partial charge in [0.25, 0.3) is 0 Å². The van der Waals surface area contributed by atoms with Crippen LogP contribution in [0, 0.1) is 0 Å². The minimum atomic E-state index is -0.677. The second kappa shape index (κ2) is 44.1. The van der Waals surface area contributed by atoms with Gasteiger partial charge in [0.2, 0.25) is 6.79 Å². The molecule has 0 aliphatic carbocycles. The SMILES string of the molecule is CCCCCCCCCCOC(=O)C(=Cc1ccc(OCOc2ccc(C=C(C(=O)OCCCCCCCCCC)C(=O)OCCCCCCCCCC)cc2)cc1)C(=O)OCCCCCCCCCC. The lowest BCUT2D eigenvalue weighted by Crippen LogP contribution is -2.19. The van der Waals surface area contributed by atoms with Crippen molar-refractivity contribution in [3.05, 3.63) is 70.8 Å². The molecule has 400 valence electrons. The quantitative estimate of drug-likeness (QED) is 0.0120. The predicted octanol–water partition coefficient (Wildman–Crippen LogP) is 16.6. The van der Waals surface area contributed by atoms with E-state index in [-0.39, 0.29) is 44.4 Å². The summed E-state index contributed by atoms with van der Waals surface area (Å²) in [5.41, 5.74) is 0.993. The van der Waals surface area contributed by atoms with Gasteiger partial charge in [0.05, 0.1) is 26.4 Å². The molecular weight excluding hydrogens is 893 g/mol. The van der Waals surface area contributed by atoms with Gasteiger partial charge in [0.1, 0.15) is 22.6 Å². The van der Waals surface area contributed by atoms with Crippen LogP contribution in [0.5, 0.6) is 11.5 Å². The van der Waals surface area contributed by atoms with Crippen molar-refractivity contribution >= 4 is 36.0 Å². The van der Waals surface area contributed by atoms with E-state index in [0.717, 1.165) is 77.0 Å². The number of benzene rings is 2. The molecule has 0 aromatic heterocycles. The fraction of sp³-hybridized carbons (Fsp3) is 0.672. The Hall–Kier alpha value is -4.60. The van der Waals surface area contributed by atoms with E-state index in [4.69, 9.17) is 28.4 Å². The molecular formula is C61H96O10. The summed E-state index contributed by atoms with van der Waals surface area (Å²) < 4.78 is 34.0. The average molecular weight is 989 g/mol. The second-order valence-electron chi connectivity index (χ2n) is 19.1. The molecule has 0 radical (unpaired) electrons. The number of ether oxygens (including phenoxy) is 6. The highest BCUT2D eigenvalue weighted by atomic mass is 16.7. The molecule has 2 aromatic carbocycles. The summed E-state index contributed by atoms with van der Waals surface area (Å²) >= 11 is 0. The summed E-state index contributed by atoms with van der Waals surface area (Å²) in [7, 11) is 0. The van der Waals surface area contributed by atoms with Crippen LogP contribution in [0.4, 0.5) is 0 Å². The first-order valence-electron chi connectivity index (χ1n) is 28.4. The summed E-state index contributed by atoms with van der Waals surface area (Å²) in [5, 5.41) is 0. The summed E-state index contributed by atoms with van der Waals surface area (Å²) in [6, 6.07) is 14.0. The van der Waals surface area contributed by atoms with Gasteiger partial charge in [-0.1, -0.05) is 232 Å². The molecule has 0 N–H and O–H groups in total. The van der Waals surface area contributed by atoms with E-state index in [9.17, 15) is 19.2 Å². The van der Waals surface area contributed by atoms with Crippen LogP contribution in [-0.2, 0) is 38.1 Å². The molecule has 0 unspecified atom stereocenters. The molecule has 0 aliphatic heterocycles. The first kappa shape index (κ1) is 62.5. The van der Waals surface area contributed by atoms with Crippen LogP contribution in [0.1, 0.15) is 244 Å². The zero-order valence-electron chi connectivity index (χ0n) is 45.0. The van der Waals surface area contributed by atoms with Gasteiger partial charge in [0, 0.05) is 0 Å². The van der Waals surface area contributed by atoms with Gasteiger partial charge >= 0.3 is 23.9 Å². The van der Waals surface area contributed by atoms with Crippen LogP contribution in [0.2, 0.25) is 0 Å². The van der Waals surface area contributed by atoms with Crippen LogP contribution in [0.25, 0.3) is 12.2 Å². The Morgan fingerprint density at radius 3 is 0.746 bits per heavy atom. The molecule has 10 nitrogen and oxygen atoms in total. The van der Waals surface area contributed by atoms with E-state index >= 15 is 0 Å². The smallest absolute Gasteiger partial charge is 0.345 e. The van der Waals surface area contributed by atoms with Crippen LogP contribution in [-0.4, -0.2) is 57.1 Å². The molecule has 71 heavy (non-hydrogen) atoms. The summed E-state index contributed by atoms with van der Waals surface area (Å²) in [5.74, 6) is -1.66. The van der Waals surface area contributed by atoms with Crippen molar-refractivity contribution in [3.8, 4) is 11.5 Å². The topological polar surface area (TPSA) is 124 Å². The van der Waals surface area contributed by atoms with Gasteiger partial charge in [-0.3, -0.25) is 0 Å². The van der Waals surface area contributed by atoms with Gasteiger partial charge in [-0.05, 0) is 73.2 Å². The van der Waals surface area contributed by atoms with Crippen molar-refractivity contribution in [2.24, 2.45) is 0 Å². The van der Waals surface area contributed by atoms with Gasteiger partial charge in [-0.15, -0.1) is 0 Å². The zero-order chi connectivity index (χ0) is 51.3. The lowest BCUT2D eigenvalue weighted by Gasteiger charge is -2.11. The van der Waals surface area contributed by atoms with Crippen molar-refractivity contribution in [2.45, 2.75) is 233 Å². The first-order chi connectivity index (χ1) is 34.8. The molecule has 2 aromatic rings. The minimum Gasteiger partial charge on any atom is -0.462 e. The van der Waals surface area contributed by atoms with Gasteiger partial charge in [0.15, 0.2) is 0 Å². The van der Waals surface area contributed by atoms with E-state index in [1.807, 2.05) is 0 Å². The Balaban J connectivity index is 1.99. The molecule has 0 bridgehead atoms. The number of hydrogen-bond donors (Lipinski definition) is 0. The number of esters is 4. The molecule has 0 heterocycles. The molecule has 0 aliphatic rings.